The lowest BCUT2D eigenvalue weighted by molar-refractivity contribution is -0.137. The molecule has 0 aliphatic heterocycles. The Labute approximate surface area is 113 Å². The summed E-state index contributed by atoms with van der Waals surface area (Å²) in [5.74, 6) is -0.586. The molecule has 108 valence electrons. The molecule has 0 radical (unpaired) electrons. The Bertz CT molecular complexity index is 647. The van der Waals surface area contributed by atoms with Crippen LogP contribution in [0, 0.1) is 0 Å². The van der Waals surface area contributed by atoms with Gasteiger partial charge in [-0.3, -0.25) is 4.40 Å². The number of esters is 1. The average Bonchev–Trinajstić information content (AvgIpc) is 2.75. The van der Waals surface area contributed by atoms with E-state index in [1.54, 1.807) is 13.8 Å². The van der Waals surface area contributed by atoms with Gasteiger partial charge in [-0.15, -0.1) is 0 Å². The van der Waals surface area contributed by atoms with Crippen LogP contribution < -0.4 is 0 Å². The molecule has 0 saturated heterocycles. The summed E-state index contributed by atoms with van der Waals surface area (Å²) in [5.41, 5.74) is -0.117. The lowest BCUT2D eigenvalue weighted by Crippen LogP contribution is -2.11. The molecule has 0 saturated carbocycles. The van der Waals surface area contributed by atoms with Gasteiger partial charge in [-0.1, -0.05) is 6.92 Å². The number of pyridine rings is 1. The highest BCUT2D eigenvalue weighted by molar-refractivity contribution is 5.90. The van der Waals surface area contributed by atoms with E-state index in [0.717, 1.165) is 12.1 Å². The van der Waals surface area contributed by atoms with Crippen molar-refractivity contribution in [2.75, 3.05) is 6.61 Å². The fourth-order valence-electron chi connectivity index (χ4n) is 1.93. The maximum atomic E-state index is 12.7. The van der Waals surface area contributed by atoms with Gasteiger partial charge in [0.2, 0.25) is 0 Å². The molecule has 0 aliphatic carbocycles. The summed E-state index contributed by atoms with van der Waals surface area (Å²) in [6.45, 7) is 3.62. The summed E-state index contributed by atoms with van der Waals surface area (Å²) >= 11 is 0. The maximum absolute atomic E-state index is 12.7. The predicted molar refractivity (Wildman–Crippen MR) is 65.5 cm³/mol. The molecule has 0 aromatic carbocycles. The molecular weight excluding hydrogens is 273 g/mol. The van der Waals surface area contributed by atoms with E-state index in [9.17, 15) is 18.0 Å². The largest absolute Gasteiger partial charge is 0.461 e. The minimum absolute atomic E-state index is 0.0831. The predicted octanol–water partition coefficient (Wildman–Crippen LogP) is 3.09. The number of imidazole rings is 1. The summed E-state index contributed by atoms with van der Waals surface area (Å²) in [6, 6.07) is 1.83. The van der Waals surface area contributed by atoms with Gasteiger partial charge in [0.15, 0.2) is 5.69 Å². The third-order valence-corrected chi connectivity index (χ3v) is 2.83. The van der Waals surface area contributed by atoms with Crippen LogP contribution in [0.3, 0.4) is 0 Å². The van der Waals surface area contributed by atoms with Gasteiger partial charge in [0.25, 0.3) is 0 Å². The highest BCUT2D eigenvalue weighted by Gasteiger charge is 2.31. The zero-order valence-electron chi connectivity index (χ0n) is 11.0. The van der Waals surface area contributed by atoms with Crippen molar-refractivity contribution in [2.45, 2.75) is 26.4 Å². The SMILES string of the molecule is CCOC(=O)c1c(CC)nc2cc(C(F)(F)F)ccn12. The first-order valence-corrected chi connectivity index (χ1v) is 6.13. The number of halogens is 3. The van der Waals surface area contributed by atoms with Crippen molar-refractivity contribution in [3.8, 4) is 0 Å². The van der Waals surface area contributed by atoms with Crippen LogP contribution in [0.15, 0.2) is 18.3 Å². The molecule has 0 N–H and O–H groups in total. The second-order valence-electron chi connectivity index (χ2n) is 4.12. The Balaban J connectivity index is 2.61. The van der Waals surface area contributed by atoms with Crippen molar-refractivity contribution >= 4 is 11.6 Å². The number of carbonyl (C=O) groups is 1. The third kappa shape index (κ3) is 2.48. The minimum Gasteiger partial charge on any atom is -0.461 e. The van der Waals surface area contributed by atoms with Crippen molar-refractivity contribution in [1.29, 1.82) is 0 Å². The van der Waals surface area contributed by atoms with Crippen molar-refractivity contribution in [3.63, 3.8) is 0 Å². The molecule has 20 heavy (non-hydrogen) atoms. The molecule has 0 spiro atoms. The molecule has 7 heteroatoms. The van der Waals surface area contributed by atoms with Crippen molar-refractivity contribution in [3.05, 3.63) is 35.3 Å². The number of aromatic nitrogens is 2. The third-order valence-electron chi connectivity index (χ3n) is 2.83. The van der Waals surface area contributed by atoms with E-state index in [0.29, 0.717) is 12.1 Å². The molecule has 4 nitrogen and oxygen atoms in total. The fourth-order valence-corrected chi connectivity index (χ4v) is 1.93. The van der Waals surface area contributed by atoms with Gasteiger partial charge in [0.1, 0.15) is 5.65 Å². The molecule has 2 heterocycles. The summed E-state index contributed by atoms with van der Waals surface area (Å²) in [4.78, 5) is 15.9. The van der Waals surface area contributed by atoms with Crippen molar-refractivity contribution < 1.29 is 22.7 Å². The Morgan fingerprint density at radius 1 is 1.40 bits per heavy atom. The highest BCUT2D eigenvalue weighted by atomic mass is 19.4. The molecule has 2 aromatic rings. The zero-order chi connectivity index (χ0) is 14.9. The molecule has 0 fully saturated rings. The first-order chi connectivity index (χ1) is 9.38. The van der Waals surface area contributed by atoms with E-state index >= 15 is 0 Å². The van der Waals surface area contributed by atoms with E-state index in [-0.39, 0.29) is 17.9 Å². The molecular formula is C13H13F3N2O2. The van der Waals surface area contributed by atoms with Crippen LogP contribution in [0.2, 0.25) is 0 Å². The number of alkyl halides is 3. The van der Waals surface area contributed by atoms with Gasteiger partial charge in [-0.25, -0.2) is 9.78 Å². The summed E-state index contributed by atoms with van der Waals surface area (Å²) in [6.07, 6.45) is -2.82. The molecule has 0 aliphatic rings. The second kappa shape index (κ2) is 5.15. The first kappa shape index (κ1) is 14.4. The Kier molecular flexibility index (Phi) is 3.69. The lowest BCUT2D eigenvalue weighted by atomic mass is 10.2. The van der Waals surface area contributed by atoms with Gasteiger partial charge in [-0.2, -0.15) is 13.2 Å². The maximum Gasteiger partial charge on any atom is 0.416 e. The van der Waals surface area contributed by atoms with Crippen LogP contribution in [0.4, 0.5) is 13.2 Å². The molecule has 0 atom stereocenters. The van der Waals surface area contributed by atoms with Crippen LogP contribution >= 0.6 is 0 Å². The number of hydrogen-bond acceptors (Lipinski definition) is 3. The van der Waals surface area contributed by atoms with E-state index in [4.69, 9.17) is 4.74 Å². The number of rotatable bonds is 3. The highest BCUT2D eigenvalue weighted by Crippen LogP contribution is 2.30. The molecule has 0 unspecified atom stereocenters. The van der Waals surface area contributed by atoms with Crippen LogP contribution in [-0.4, -0.2) is 22.0 Å². The topological polar surface area (TPSA) is 43.6 Å². The summed E-state index contributed by atoms with van der Waals surface area (Å²) in [5, 5.41) is 0. The number of carbonyl (C=O) groups excluding carboxylic acids is 1. The van der Waals surface area contributed by atoms with Crippen LogP contribution in [-0.2, 0) is 17.3 Å². The standard InChI is InChI=1S/C13H13F3N2O2/c1-3-9-11(12(19)20-4-2)18-6-5-8(13(14,15)16)7-10(18)17-9/h5-7H,3-4H2,1-2H3. The van der Waals surface area contributed by atoms with Crippen molar-refractivity contribution in [1.82, 2.24) is 9.38 Å². The Hall–Kier alpha value is -2.05. The fraction of sp³-hybridized carbons (Fsp3) is 0.385. The smallest absolute Gasteiger partial charge is 0.416 e. The number of hydrogen-bond donors (Lipinski definition) is 0. The lowest BCUT2D eigenvalue weighted by Gasteiger charge is -2.07. The van der Waals surface area contributed by atoms with Crippen LogP contribution in [0.25, 0.3) is 5.65 Å². The van der Waals surface area contributed by atoms with Crippen LogP contribution in [0.1, 0.15) is 35.6 Å². The summed E-state index contributed by atoms with van der Waals surface area (Å²) in [7, 11) is 0. The zero-order valence-corrected chi connectivity index (χ0v) is 11.0. The Morgan fingerprint density at radius 2 is 2.10 bits per heavy atom. The van der Waals surface area contributed by atoms with E-state index in [1.165, 1.54) is 10.6 Å². The quantitative estimate of drug-likeness (QED) is 0.814. The number of ether oxygens (including phenoxy) is 1. The second-order valence-corrected chi connectivity index (χ2v) is 4.12. The van der Waals surface area contributed by atoms with E-state index < -0.39 is 17.7 Å². The number of nitrogens with zero attached hydrogens (tertiary/aromatic N) is 2. The first-order valence-electron chi connectivity index (χ1n) is 6.13. The van der Waals surface area contributed by atoms with Crippen molar-refractivity contribution in [2.24, 2.45) is 0 Å². The number of fused-ring (bicyclic) bond motifs is 1. The van der Waals surface area contributed by atoms with E-state index in [2.05, 4.69) is 4.98 Å². The van der Waals surface area contributed by atoms with Gasteiger partial charge in [0.05, 0.1) is 17.9 Å². The van der Waals surface area contributed by atoms with E-state index in [1.807, 2.05) is 0 Å². The normalized spacial score (nSPS) is 11.8. The number of aryl methyl sites for hydroxylation is 1. The van der Waals surface area contributed by atoms with Gasteiger partial charge in [-0.05, 0) is 25.5 Å². The minimum atomic E-state index is -4.44. The molecule has 0 amide bonds. The average molecular weight is 286 g/mol. The van der Waals surface area contributed by atoms with Gasteiger partial charge in [0, 0.05) is 6.20 Å². The Morgan fingerprint density at radius 3 is 2.65 bits per heavy atom. The van der Waals surface area contributed by atoms with Crippen LogP contribution in [0.5, 0.6) is 0 Å². The molecule has 0 bridgehead atoms. The monoisotopic (exact) mass is 286 g/mol. The molecule has 2 rings (SSSR count). The van der Waals surface area contributed by atoms with Gasteiger partial charge >= 0.3 is 12.1 Å². The van der Waals surface area contributed by atoms with Gasteiger partial charge < -0.3 is 4.74 Å². The summed E-state index contributed by atoms with van der Waals surface area (Å²) < 4.78 is 44.2. The molecule has 2 aromatic heterocycles.